The molecule has 0 bridgehead atoms. The van der Waals surface area contributed by atoms with Gasteiger partial charge in [-0.05, 0) is 41.8 Å². The Morgan fingerprint density at radius 2 is 2.07 bits per heavy atom. The fourth-order valence-corrected chi connectivity index (χ4v) is 3.78. The molecule has 0 saturated heterocycles. The number of carbonyl (C=O) groups is 1. The first-order chi connectivity index (χ1) is 14.5. The minimum absolute atomic E-state index is 0.0598. The van der Waals surface area contributed by atoms with Crippen LogP contribution in [0.3, 0.4) is 0 Å². The topological polar surface area (TPSA) is 65.4 Å². The van der Waals surface area contributed by atoms with Crippen LogP contribution in [0.25, 0.3) is 5.69 Å². The number of ether oxygens (including phenoxy) is 2. The van der Waals surface area contributed by atoms with Gasteiger partial charge in [0.25, 0.3) is 0 Å². The van der Waals surface area contributed by atoms with Crippen LogP contribution in [0.2, 0.25) is 5.02 Å². The molecule has 4 rings (SSSR count). The third-order valence-electron chi connectivity index (χ3n) is 5.04. The lowest BCUT2D eigenvalue weighted by molar-refractivity contribution is -0.116. The second-order valence-corrected chi connectivity index (χ2v) is 8.20. The van der Waals surface area contributed by atoms with Gasteiger partial charge in [-0.2, -0.15) is 5.10 Å². The highest BCUT2D eigenvalue weighted by Gasteiger charge is 2.31. The van der Waals surface area contributed by atoms with Crippen molar-refractivity contribution in [1.29, 1.82) is 0 Å². The van der Waals surface area contributed by atoms with E-state index in [2.05, 4.69) is 24.3 Å². The number of benzene rings is 2. The summed E-state index contributed by atoms with van der Waals surface area (Å²) < 4.78 is 13.1. The van der Waals surface area contributed by atoms with Gasteiger partial charge in [0.2, 0.25) is 5.91 Å². The van der Waals surface area contributed by atoms with Crippen molar-refractivity contribution in [1.82, 2.24) is 9.78 Å². The predicted molar refractivity (Wildman–Crippen MR) is 117 cm³/mol. The fourth-order valence-electron chi connectivity index (χ4n) is 3.60. The zero-order chi connectivity index (χ0) is 21.3. The molecule has 1 amide bonds. The van der Waals surface area contributed by atoms with E-state index in [-0.39, 0.29) is 11.8 Å². The molecule has 1 aliphatic heterocycles. The highest BCUT2D eigenvalue weighted by molar-refractivity contribution is 6.30. The number of carbonyl (C=O) groups excluding carboxylic acids is 1. The summed E-state index contributed by atoms with van der Waals surface area (Å²) in [4.78, 5) is 12.5. The molecule has 156 valence electrons. The number of rotatable bonds is 6. The van der Waals surface area contributed by atoms with Crippen molar-refractivity contribution in [3.63, 3.8) is 0 Å². The summed E-state index contributed by atoms with van der Waals surface area (Å²) in [5, 5.41) is 8.09. The van der Waals surface area contributed by atoms with E-state index < -0.39 is 0 Å². The van der Waals surface area contributed by atoms with E-state index in [1.807, 2.05) is 36.4 Å². The van der Waals surface area contributed by atoms with Crippen LogP contribution in [0.5, 0.6) is 11.5 Å². The molecular formula is C23H24ClN3O3. The summed E-state index contributed by atoms with van der Waals surface area (Å²) in [5.74, 6) is 2.24. The molecule has 1 aliphatic rings. The lowest BCUT2D eigenvalue weighted by Crippen LogP contribution is -2.24. The van der Waals surface area contributed by atoms with E-state index in [0.717, 1.165) is 16.8 Å². The van der Waals surface area contributed by atoms with Crippen LogP contribution in [0.1, 0.15) is 37.3 Å². The smallest absolute Gasteiger partial charge is 0.226 e. The van der Waals surface area contributed by atoms with Crippen molar-refractivity contribution in [2.45, 2.75) is 26.2 Å². The first-order valence-electron chi connectivity index (χ1n) is 9.90. The van der Waals surface area contributed by atoms with E-state index in [1.165, 1.54) is 0 Å². The first kappa shape index (κ1) is 20.3. The average Bonchev–Trinajstić information content (AvgIpc) is 3.15. The first-order valence-corrected chi connectivity index (χ1v) is 10.3. The van der Waals surface area contributed by atoms with E-state index in [4.69, 9.17) is 21.1 Å². The zero-order valence-electron chi connectivity index (χ0n) is 17.2. The number of nitrogens with zero attached hydrogens (tertiary/aromatic N) is 2. The zero-order valence-corrected chi connectivity index (χ0v) is 17.9. The summed E-state index contributed by atoms with van der Waals surface area (Å²) in [6.07, 6.45) is 2.14. The van der Waals surface area contributed by atoms with Gasteiger partial charge in [0.05, 0.1) is 25.6 Å². The molecule has 2 heterocycles. The quantitative estimate of drug-likeness (QED) is 0.600. The SMILES string of the molecule is COc1cc(C2CC(=O)Nc3c2cnn3-c2cccc(Cl)c2)ccc1OCC(C)C. The summed E-state index contributed by atoms with van der Waals surface area (Å²) in [6.45, 7) is 4.80. The molecule has 0 fully saturated rings. The Kier molecular flexibility index (Phi) is 5.68. The van der Waals surface area contributed by atoms with Gasteiger partial charge in [0.1, 0.15) is 5.82 Å². The molecule has 2 aromatic carbocycles. The Bertz CT molecular complexity index is 1080. The van der Waals surface area contributed by atoms with E-state index in [0.29, 0.717) is 41.3 Å². The molecule has 0 saturated carbocycles. The molecule has 0 radical (unpaired) electrons. The van der Waals surface area contributed by atoms with Crippen LogP contribution in [0, 0.1) is 5.92 Å². The van der Waals surface area contributed by atoms with E-state index in [9.17, 15) is 4.79 Å². The van der Waals surface area contributed by atoms with Gasteiger partial charge in [-0.1, -0.05) is 37.6 Å². The molecule has 3 aromatic rings. The van der Waals surface area contributed by atoms with Crippen molar-refractivity contribution in [3.05, 3.63) is 64.8 Å². The largest absolute Gasteiger partial charge is 0.493 e. The average molecular weight is 426 g/mol. The van der Waals surface area contributed by atoms with Gasteiger partial charge >= 0.3 is 0 Å². The second-order valence-electron chi connectivity index (χ2n) is 7.76. The highest BCUT2D eigenvalue weighted by atomic mass is 35.5. The number of amides is 1. The normalized spacial score (nSPS) is 15.6. The Balaban J connectivity index is 1.71. The number of hydrogen-bond donors (Lipinski definition) is 1. The summed E-state index contributed by atoms with van der Waals surface area (Å²) >= 11 is 6.14. The standard InChI is InChI=1S/C23H24ClN3O3/c1-14(2)13-30-20-8-7-15(9-21(20)29-3)18-11-22(28)26-23-19(18)12-25-27(23)17-6-4-5-16(24)10-17/h4-10,12,14,18H,11,13H2,1-3H3,(H,26,28). The van der Waals surface area contributed by atoms with Crippen molar-refractivity contribution in [3.8, 4) is 17.2 Å². The van der Waals surface area contributed by atoms with Gasteiger partial charge < -0.3 is 14.8 Å². The third kappa shape index (κ3) is 4.00. The number of methoxy groups -OCH3 is 1. The van der Waals surface area contributed by atoms with Crippen LogP contribution < -0.4 is 14.8 Å². The molecule has 0 spiro atoms. The van der Waals surface area contributed by atoms with Crippen molar-refractivity contribution < 1.29 is 14.3 Å². The molecule has 7 heteroatoms. The van der Waals surface area contributed by atoms with Gasteiger partial charge in [-0.3, -0.25) is 4.79 Å². The molecule has 1 aromatic heterocycles. The fraction of sp³-hybridized carbons (Fsp3) is 0.304. The Hall–Kier alpha value is -2.99. The van der Waals surface area contributed by atoms with Gasteiger partial charge in [0, 0.05) is 22.9 Å². The third-order valence-corrected chi connectivity index (χ3v) is 5.27. The Morgan fingerprint density at radius 1 is 1.23 bits per heavy atom. The summed E-state index contributed by atoms with van der Waals surface area (Å²) in [5.41, 5.74) is 2.72. The second kappa shape index (κ2) is 8.40. The molecule has 1 atom stereocenters. The molecule has 0 aliphatic carbocycles. The lowest BCUT2D eigenvalue weighted by Gasteiger charge is -2.24. The monoisotopic (exact) mass is 425 g/mol. The summed E-state index contributed by atoms with van der Waals surface area (Å²) in [7, 11) is 1.62. The number of anilines is 1. The number of fused-ring (bicyclic) bond motifs is 1. The lowest BCUT2D eigenvalue weighted by atomic mass is 9.87. The van der Waals surface area contributed by atoms with Crippen LogP contribution in [-0.4, -0.2) is 29.4 Å². The number of halogens is 1. The predicted octanol–water partition coefficient (Wildman–Crippen LogP) is 5.04. The molecule has 6 nitrogen and oxygen atoms in total. The van der Waals surface area contributed by atoms with E-state index >= 15 is 0 Å². The molecule has 30 heavy (non-hydrogen) atoms. The van der Waals surface area contributed by atoms with E-state index in [1.54, 1.807) is 24.1 Å². The number of aromatic nitrogens is 2. The molecular weight excluding hydrogens is 402 g/mol. The minimum atomic E-state index is -0.130. The Labute approximate surface area is 180 Å². The van der Waals surface area contributed by atoms with Crippen LogP contribution >= 0.6 is 11.6 Å². The maximum Gasteiger partial charge on any atom is 0.226 e. The van der Waals surface area contributed by atoms with Crippen LogP contribution in [0.15, 0.2) is 48.7 Å². The minimum Gasteiger partial charge on any atom is -0.493 e. The van der Waals surface area contributed by atoms with Crippen molar-refractivity contribution in [2.75, 3.05) is 19.0 Å². The van der Waals surface area contributed by atoms with Crippen molar-refractivity contribution >= 4 is 23.3 Å². The Morgan fingerprint density at radius 3 is 2.80 bits per heavy atom. The maximum absolute atomic E-state index is 12.5. The number of nitrogens with one attached hydrogen (secondary N) is 1. The van der Waals surface area contributed by atoms with Crippen LogP contribution in [-0.2, 0) is 4.79 Å². The number of hydrogen-bond acceptors (Lipinski definition) is 4. The molecule has 1 N–H and O–H groups in total. The van der Waals surface area contributed by atoms with Crippen LogP contribution in [0.4, 0.5) is 5.82 Å². The van der Waals surface area contributed by atoms with Gasteiger partial charge in [-0.25, -0.2) is 4.68 Å². The molecule has 1 unspecified atom stereocenters. The van der Waals surface area contributed by atoms with Gasteiger partial charge in [0.15, 0.2) is 11.5 Å². The summed E-state index contributed by atoms with van der Waals surface area (Å²) in [6, 6.07) is 13.2. The highest BCUT2D eigenvalue weighted by Crippen LogP contribution is 2.41. The maximum atomic E-state index is 12.5. The van der Waals surface area contributed by atoms with Gasteiger partial charge in [-0.15, -0.1) is 0 Å². The van der Waals surface area contributed by atoms with Crippen molar-refractivity contribution in [2.24, 2.45) is 5.92 Å².